The number of nitrogens with one attached hydrogen (secondary N) is 1. The van der Waals surface area contributed by atoms with Crippen LogP contribution < -0.4 is 15.0 Å². The number of benzene rings is 1. The number of anilines is 2. The minimum Gasteiger partial charge on any atom is -0.479 e. The molecule has 1 aromatic heterocycles. The van der Waals surface area contributed by atoms with Crippen molar-refractivity contribution in [1.29, 1.82) is 0 Å². The predicted octanol–water partition coefficient (Wildman–Crippen LogP) is 3.29. The highest BCUT2D eigenvalue weighted by molar-refractivity contribution is 7.16. The average Bonchev–Trinajstić information content (AvgIpc) is 2.92. The fraction of sp³-hybridized carbons (Fsp3) is 0.350. The lowest BCUT2D eigenvalue weighted by atomic mass is 10.1. The molecule has 1 unspecified atom stereocenters. The summed E-state index contributed by atoms with van der Waals surface area (Å²) in [5.74, 6) is -0.611. The van der Waals surface area contributed by atoms with Crippen LogP contribution in [0.2, 0.25) is 0 Å². The Morgan fingerprint density at radius 1 is 1.29 bits per heavy atom. The molecule has 0 aliphatic carbocycles. The second-order valence-corrected chi connectivity index (χ2v) is 7.63. The van der Waals surface area contributed by atoms with E-state index in [2.05, 4.69) is 5.32 Å². The van der Waals surface area contributed by atoms with E-state index in [0.29, 0.717) is 22.0 Å². The molecule has 0 fully saturated rings. The van der Waals surface area contributed by atoms with Gasteiger partial charge in [0.2, 0.25) is 5.91 Å². The van der Waals surface area contributed by atoms with E-state index in [9.17, 15) is 14.4 Å². The van der Waals surface area contributed by atoms with Gasteiger partial charge in [0, 0.05) is 4.88 Å². The largest absolute Gasteiger partial charge is 0.479 e. The van der Waals surface area contributed by atoms with Crippen LogP contribution in [-0.4, -0.2) is 37.0 Å². The summed E-state index contributed by atoms with van der Waals surface area (Å²) < 4.78 is 10.7. The monoisotopic (exact) mass is 402 g/mol. The minimum absolute atomic E-state index is 0.179. The Kier molecular flexibility index (Phi) is 5.69. The van der Waals surface area contributed by atoms with Gasteiger partial charge in [-0.05, 0) is 45.4 Å². The maximum atomic E-state index is 12.7. The summed E-state index contributed by atoms with van der Waals surface area (Å²) in [6, 6.07) is 7.08. The number of amides is 2. The Morgan fingerprint density at radius 2 is 2.00 bits per heavy atom. The molecule has 2 heterocycles. The summed E-state index contributed by atoms with van der Waals surface area (Å²) >= 11 is 1.31. The van der Waals surface area contributed by atoms with Crippen LogP contribution in [0.4, 0.5) is 10.7 Å². The Balaban J connectivity index is 1.83. The lowest BCUT2D eigenvalue weighted by Gasteiger charge is -2.32. The minimum atomic E-state index is -0.677. The molecule has 1 aliphatic rings. The molecule has 0 saturated carbocycles. The number of para-hydroxylation sites is 2. The van der Waals surface area contributed by atoms with Crippen LogP contribution >= 0.6 is 11.3 Å². The zero-order valence-corrected chi connectivity index (χ0v) is 17.0. The third kappa shape index (κ3) is 3.73. The van der Waals surface area contributed by atoms with Gasteiger partial charge >= 0.3 is 5.97 Å². The zero-order chi connectivity index (χ0) is 20.4. The van der Waals surface area contributed by atoms with Crippen molar-refractivity contribution < 1.29 is 23.9 Å². The van der Waals surface area contributed by atoms with Crippen molar-refractivity contribution in [1.82, 2.24) is 0 Å². The van der Waals surface area contributed by atoms with Gasteiger partial charge in [0.15, 0.2) is 6.10 Å². The van der Waals surface area contributed by atoms with Crippen molar-refractivity contribution in [2.45, 2.75) is 33.8 Å². The number of aryl methyl sites for hydroxylation is 1. The van der Waals surface area contributed by atoms with Crippen LogP contribution in [-0.2, 0) is 14.3 Å². The summed E-state index contributed by atoms with van der Waals surface area (Å²) in [6.45, 7) is 7.14. The molecule has 0 radical (unpaired) electrons. The molecule has 0 saturated heterocycles. The highest BCUT2D eigenvalue weighted by Gasteiger charge is 2.33. The lowest BCUT2D eigenvalue weighted by molar-refractivity contribution is -0.127. The van der Waals surface area contributed by atoms with Gasteiger partial charge in [-0.15, -0.1) is 11.3 Å². The van der Waals surface area contributed by atoms with E-state index in [1.807, 2.05) is 19.9 Å². The molecule has 8 heteroatoms. The maximum absolute atomic E-state index is 12.7. The molecule has 1 atom stereocenters. The molecule has 28 heavy (non-hydrogen) atoms. The molecular formula is C20H22N2O5S. The molecule has 1 aromatic carbocycles. The maximum Gasteiger partial charge on any atom is 0.341 e. The van der Waals surface area contributed by atoms with Crippen molar-refractivity contribution in [3.8, 4) is 5.75 Å². The summed E-state index contributed by atoms with van der Waals surface area (Å²) in [5, 5.41) is 3.20. The van der Waals surface area contributed by atoms with Crippen LogP contribution in [0, 0.1) is 13.8 Å². The van der Waals surface area contributed by atoms with E-state index >= 15 is 0 Å². The van der Waals surface area contributed by atoms with E-state index in [0.717, 1.165) is 10.4 Å². The number of carbonyl (C=O) groups excluding carboxylic acids is 3. The first-order chi connectivity index (χ1) is 13.3. The predicted molar refractivity (Wildman–Crippen MR) is 107 cm³/mol. The van der Waals surface area contributed by atoms with Crippen LogP contribution in [0.1, 0.15) is 34.6 Å². The number of fused-ring (bicyclic) bond motifs is 1. The average molecular weight is 402 g/mol. The number of nitrogens with zero attached hydrogens (tertiary/aromatic N) is 1. The summed E-state index contributed by atoms with van der Waals surface area (Å²) in [5.41, 5.74) is 1.69. The Bertz CT molecular complexity index is 937. The van der Waals surface area contributed by atoms with Crippen molar-refractivity contribution in [3.05, 3.63) is 40.3 Å². The van der Waals surface area contributed by atoms with Crippen molar-refractivity contribution in [3.63, 3.8) is 0 Å². The molecular weight excluding hydrogens is 380 g/mol. The van der Waals surface area contributed by atoms with Gasteiger partial charge in [-0.3, -0.25) is 14.5 Å². The van der Waals surface area contributed by atoms with Gasteiger partial charge in [0.25, 0.3) is 5.91 Å². The molecule has 0 spiro atoms. The number of ether oxygens (including phenoxy) is 2. The van der Waals surface area contributed by atoms with Crippen LogP contribution in [0.3, 0.4) is 0 Å². The molecule has 2 amide bonds. The molecule has 3 rings (SSSR count). The number of carbonyl (C=O) groups is 3. The molecule has 2 aromatic rings. The first-order valence-corrected chi connectivity index (χ1v) is 9.79. The summed E-state index contributed by atoms with van der Waals surface area (Å²) in [6.07, 6.45) is -0.677. The van der Waals surface area contributed by atoms with Gasteiger partial charge in [-0.1, -0.05) is 12.1 Å². The molecule has 148 valence electrons. The third-order valence-electron chi connectivity index (χ3n) is 4.49. The van der Waals surface area contributed by atoms with Gasteiger partial charge < -0.3 is 14.8 Å². The summed E-state index contributed by atoms with van der Waals surface area (Å²) in [7, 11) is 0. The quantitative estimate of drug-likeness (QED) is 0.776. The number of rotatable bonds is 5. The number of hydrogen-bond donors (Lipinski definition) is 1. The fourth-order valence-electron chi connectivity index (χ4n) is 3.00. The fourth-order valence-corrected chi connectivity index (χ4v) is 4.06. The second kappa shape index (κ2) is 8.02. The molecule has 1 N–H and O–H groups in total. The Morgan fingerprint density at radius 3 is 2.71 bits per heavy atom. The van der Waals surface area contributed by atoms with Gasteiger partial charge in [0.05, 0.1) is 17.9 Å². The lowest BCUT2D eigenvalue weighted by Crippen LogP contribution is -2.47. The first-order valence-electron chi connectivity index (χ1n) is 8.97. The van der Waals surface area contributed by atoms with E-state index in [-0.39, 0.29) is 19.1 Å². The Hall–Kier alpha value is -2.87. The molecule has 7 nitrogen and oxygen atoms in total. The number of esters is 1. The van der Waals surface area contributed by atoms with Gasteiger partial charge in [0.1, 0.15) is 17.3 Å². The number of hydrogen-bond acceptors (Lipinski definition) is 6. The smallest absolute Gasteiger partial charge is 0.341 e. The topological polar surface area (TPSA) is 84.9 Å². The second-order valence-electron chi connectivity index (χ2n) is 6.41. The molecule has 1 aliphatic heterocycles. The van der Waals surface area contributed by atoms with E-state index in [1.54, 1.807) is 32.0 Å². The van der Waals surface area contributed by atoms with Gasteiger partial charge in [-0.2, -0.15) is 0 Å². The Labute approximate surface area is 167 Å². The molecule has 0 bridgehead atoms. The normalized spacial score (nSPS) is 15.6. The van der Waals surface area contributed by atoms with E-state index in [4.69, 9.17) is 9.47 Å². The van der Waals surface area contributed by atoms with Crippen molar-refractivity contribution in [2.24, 2.45) is 0 Å². The van der Waals surface area contributed by atoms with E-state index in [1.165, 1.54) is 16.2 Å². The number of thiophene rings is 1. The van der Waals surface area contributed by atoms with Crippen LogP contribution in [0.15, 0.2) is 24.3 Å². The van der Waals surface area contributed by atoms with E-state index < -0.39 is 18.0 Å². The van der Waals surface area contributed by atoms with Crippen LogP contribution in [0.5, 0.6) is 5.75 Å². The zero-order valence-electron chi connectivity index (χ0n) is 16.2. The van der Waals surface area contributed by atoms with Gasteiger partial charge in [-0.25, -0.2) is 4.79 Å². The highest BCUT2D eigenvalue weighted by Crippen LogP contribution is 2.35. The third-order valence-corrected chi connectivity index (χ3v) is 5.62. The highest BCUT2D eigenvalue weighted by atomic mass is 32.1. The summed E-state index contributed by atoms with van der Waals surface area (Å²) in [4.78, 5) is 39.8. The van der Waals surface area contributed by atoms with Crippen molar-refractivity contribution in [2.75, 3.05) is 23.4 Å². The standard InChI is InChI=1S/C20H22N2O5S/c1-5-26-20(25)17-11(2)13(4)28-18(17)21-16(23)10-22-14-8-6-7-9-15(14)27-12(3)19(22)24/h6-9,12H,5,10H2,1-4H3,(H,21,23). The first kappa shape index (κ1) is 19.9. The van der Waals surface area contributed by atoms with Crippen LogP contribution in [0.25, 0.3) is 0 Å². The van der Waals surface area contributed by atoms with Crippen molar-refractivity contribution >= 4 is 39.8 Å². The SMILES string of the molecule is CCOC(=O)c1c(NC(=O)CN2C(=O)C(C)Oc3ccccc32)sc(C)c1C.